The van der Waals surface area contributed by atoms with Crippen molar-refractivity contribution in [1.82, 2.24) is 4.98 Å². The Balaban J connectivity index is 2.15. The molecule has 0 spiro atoms. The molecular weight excluding hydrogens is 311 g/mol. The minimum absolute atomic E-state index is 0.184. The van der Waals surface area contributed by atoms with Crippen molar-refractivity contribution in [2.45, 2.75) is 45.4 Å². The fraction of sp³-hybridized carbons (Fsp3) is 0.364. The number of hydrogen-bond donors (Lipinski definition) is 2. The fourth-order valence-electron chi connectivity index (χ4n) is 3.41. The minimum Gasteiger partial charge on any atom is -0.354 e. The van der Waals surface area contributed by atoms with Gasteiger partial charge in [-0.25, -0.2) is 4.39 Å². The molecule has 1 unspecified atom stereocenters. The van der Waals surface area contributed by atoms with Gasteiger partial charge in [-0.1, -0.05) is 32.0 Å². The van der Waals surface area contributed by atoms with Gasteiger partial charge in [0.25, 0.3) is 0 Å². The molecule has 0 saturated heterocycles. The molecule has 0 aliphatic carbocycles. The van der Waals surface area contributed by atoms with E-state index < -0.39 is 0 Å². The van der Waals surface area contributed by atoms with Gasteiger partial charge in [0, 0.05) is 16.5 Å². The molecule has 25 heavy (non-hydrogen) atoms. The molecule has 3 rings (SSSR count). The third kappa shape index (κ3) is 3.62. The van der Waals surface area contributed by atoms with Crippen molar-refractivity contribution in [3.8, 4) is 11.3 Å². The van der Waals surface area contributed by atoms with Gasteiger partial charge in [0.1, 0.15) is 5.82 Å². The standard InChI is InChI=1S/C22H27FN2/c1-3-15(2)16-11-12-21-19(14-16)17(8-6-7-13-24)22(25-21)18-9-4-5-10-20(18)23/h4-5,9-12,14-15,25H,3,6-8,13,24H2,1-2H3. The van der Waals surface area contributed by atoms with Crippen molar-refractivity contribution in [1.29, 1.82) is 0 Å². The number of fused-ring (bicyclic) bond motifs is 1. The Morgan fingerprint density at radius 3 is 2.64 bits per heavy atom. The van der Waals surface area contributed by atoms with Gasteiger partial charge < -0.3 is 10.7 Å². The summed E-state index contributed by atoms with van der Waals surface area (Å²) in [5.74, 6) is 0.337. The summed E-state index contributed by atoms with van der Waals surface area (Å²) in [4.78, 5) is 3.46. The molecule has 1 atom stereocenters. The van der Waals surface area contributed by atoms with E-state index in [1.54, 1.807) is 6.07 Å². The van der Waals surface area contributed by atoms with Gasteiger partial charge in [0.05, 0.1) is 5.69 Å². The zero-order valence-corrected chi connectivity index (χ0v) is 15.1. The Bertz CT molecular complexity index is 850. The van der Waals surface area contributed by atoms with Gasteiger partial charge in [-0.2, -0.15) is 0 Å². The molecule has 0 aliphatic heterocycles. The number of nitrogens with two attached hydrogens (primary N) is 1. The third-order valence-electron chi connectivity index (χ3n) is 5.14. The number of halogens is 1. The first-order valence-electron chi connectivity index (χ1n) is 9.25. The Morgan fingerprint density at radius 1 is 1.12 bits per heavy atom. The van der Waals surface area contributed by atoms with E-state index in [1.807, 2.05) is 12.1 Å². The molecule has 3 heteroatoms. The van der Waals surface area contributed by atoms with E-state index in [1.165, 1.54) is 22.6 Å². The molecule has 0 amide bonds. The fourth-order valence-corrected chi connectivity index (χ4v) is 3.41. The van der Waals surface area contributed by atoms with Crippen LogP contribution in [0.3, 0.4) is 0 Å². The maximum absolute atomic E-state index is 14.4. The second kappa shape index (κ2) is 7.83. The van der Waals surface area contributed by atoms with Crippen LogP contribution in [-0.4, -0.2) is 11.5 Å². The molecule has 0 aliphatic rings. The van der Waals surface area contributed by atoms with Gasteiger partial charge >= 0.3 is 0 Å². The Morgan fingerprint density at radius 2 is 1.92 bits per heavy atom. The summed E-state index contributed by atoms with van der Waals surface area (Å²) in [6.07, 6.45) is 4.01. The summed E-state index contributed by atoms with van der Waals surface area (Å²) >= 11 is 0. The van der Waals surface area contributed by atoms with Crippen LogP contribution in [0.2, 0.25) is 0 Å². The number of aromatic amines is 1. The van der Waals surface area contributed by atoms with Crippen molar-refractivity contribution in [2.75, 3.05) is 6.54 Å². The van der Waals surface area contributed by atoms with Crippen molar-refractivity contribution >= 4 is 10.9 Å². The van der Waals surface area contributed by atoms with Crippen LogP contribution in [0.1, 0.15) is 50.2 Å². The van der Waals surface area contributed by atoms with Crippen LogP contribution in [-0.2, 0) is 6.42 Å². The normalized spacial score (nSPS) is 12.6. The van der Waals surface area contributed by atoms with Gasteiger partial charge in [-0.3, -0.25) is 0 Å². The summed E-state index contributed by atoms with van der Waals surface area (Å²) < 4.78 is 14.4. The van der Waals surface area contributed by atoms with Crippen LogP contribution in [0.25, 0.3) is 22.2 Å². The number of rotatable bonds is 7. The zero-order valence-electron chi connectivity index (χ0n) is 15.1. The summed E-state index contributed by atoms with van der Waals surface area (Å²) in [5, 5.41) is 1.22. The Kier molecular flexibility index (Phi) is 5.54. The molecule has 0 bridgehead atoms. The third-order valence-corrected chi connectivity index (χ3v) is 5.14. The molecule has 0 fully saturated rings. The molecule has 1 aromatic heterocycles. The second-order valence-electron chi connectivity index (χ2n) is 6.82. The molecule has 0 saturated carbocycles. The predicted molar refractivity (Wildman–Crippen MR) is 104 cm³/mol. The largest absolute Gasteiger partial charge is 0.354 e. The van der Waals surface area contributed by atoms with E-state index in [2.05, 4.69) is 37.0 Å². The van der Waals surface area contributed by atoms with Crippen LogP contribution < -0.4 is 5.73 Å². The SMILES string of the molecule is CCC(C)c1ccc2[nH]c(-c3ccccc3F)c(CCCCN)c2c1. The van der Waals surface area contributed by atoms with Gasteiger partial charge in [0.2, 0.25) is 0 Å². The van der Waals surface area contributed by atoms with Crippen LogP contribution in [0.5, 0.6) is 0 Å². The average Bonchev–Trinajstić information content (AvgIpc) is 2.99. The highest BCUT2D eigenvalue weighted by Crippen LogP contribution is 2.34. The maximum atomic E-state index is 14.4. The van der Waals surface area contributed by atoms with Crippen molar-refractivity contribution in [3.05, 3.63) is 59.4 Å². The van der Waals surface area contributed by atoms with Crippen LogP contribution in [0.4, 0.5) is 4.39 Å². The van der Waals surface area contributed by atoms with E-state index in [0.29, 0.717) is 18.0 Å². The smallest absolute Gasteiger partial charge is 0.132 e. The molecule has 2 nitrogen and oxygen atoms in total. The number of aromatic nitrogens is 1. The first-order valence-corrected chi connectivity index (χ1v) is 9.25. The number of benzene rings is 2. The monoisotopic (exact) mass is 338 g/mol. The van der Waals surface area contributed by atoms with E-state index in [-0.39, 0.29) is 5.82 Å². The molecule has 0 radical (unpaired) electrons. The highest BCUT2D eigenvalue weighted by atomic mass is 19.1. The molecule has 132 valence electrons. The topological polar surface area (TPSA) is 41.8 Å². The lowest BCUT2D eigenvalue weighted by molar-refractivity contribution is 0.630. The van der Waals surface area contributed by atoms with Gasteiger partial charge in [-0.15, -0.1) is 0 Å². The number of unbranched alkanes of at least 4 members (excludes halogenated alkanes) is 1. The maximum Gasteiger partial charge on any atom is 0.132 e. The van der Waals surface area contributed by atoms with Crippen molar-refractivity contribution in [3.63, 3.8) is 0 Å². The van der Waals surface area contributed by atoms with Crippen LogP contribution >= 0.6 is 0 Å². The number of H-pyrrole nitrogens is 1. The Labute approximate surface area is 149 Å². The van der Waals surface area contributed by atoms with E-state index in [4.69, 9.17) is 5.73 Å². The Hall–Kier alpha value is -2.13. The highest BCUT2D eigenvalue weighted by molar-refractivity contribution is 5.91. The van der Waals surface area contributed by atoms with Crippen LogP contribution in [0.15, 0.2) is 42.5 Å². The summed E-state index contributed by atoms with van der Waals surface area (Å²) in [5.41, 5.74) is 10.8. The summed E-state index contributed by atoms with van der Waals surface area (Å²) in [6, 6.07) is 13.6. The predicted octanol–water partition coefficient (Wildman–Crippen LogP) is 5.77. The number of hydrogen-bond acceptors (Lipinski definition) is 1. The van der Waals surface area contributed by atoms with Gasteiger partial charge in [-0.05, 0) is 73.5 Å². The average molecular weight is 338 g/mol. The van der Waals surface area contributed by atoms with Crippen LogP contribution in [0, 0.1) is 5.82 Å². The molecule has 2 aromatic carbocycles. The quantitative estimate of drug-likeness (QED) is 0.528. The molecular formula is C22H27FN2. The lowest BCUT2D eigenvalue weighted by Crippen LogP contribution is -1.99. The summed E-state index contributed by atoms with van der Waals surface area (Å²) in [7, 11) is 0. The van der Waals surface area contributed by atoms with E-state index in [9.17, 15) is 4.39 Å². The molecule has 3 aromatic rings. The second-order valence-corrected chi connectivity index (χ2v) is 6.82. The first kappa shape index (κ1) is 17.7. The first-order chi connectivity index (χ1) is 12.2. The van der Waals surface area contributed by atoms with Gasteiger partial charge in [0.15, 0.2) is 0 Å². The highest BCUT2D eigenvalue weighted by Gasteiger charge is 2.16. The number of nitrogens with one attached hydrogen (secondary N) is 1. The van der Waals surface area contributed by atoms with E-state index >= 15 is 0 Å². The van der Waals surface area contributed by atoms with E-state index in [0.717, 1.165) is 36.9 Å². The minimum atomic E-state index is -0.184. The lowest BCUT2D eigenvalue weighted by atomic mass is 9.94. The van der Waals surface area contributed by atoms with Crippen molar-refractivity contribution < 1.29 is 4.39 Å². The lowest BCUT2D eigenvalue weighted by Gasteiger charge is -2.10. The van der Waals surface area contributed by atoms with Crippen molar-refractivity contribution in [2.24, 2.45) is 5.73 Å². The summed E-state index contributed by atoms with van der Waals surface area (Å²) in [6.45, 7) is 5.15. The number of aryl methyl sites for hydroxylation is 1. The molecule has 3 N–H and O–H groups in total. The zero-order chi connectivity index (χ0) is 17.8. The molecule has 1 heterocycles.